The normalized spacial score (nSPS) is 28.9. The summed E-state index contributed by atoms with van der Waals surface area (Å²) in [5, 5.41) is 5.90. The highest BCUT2D eigenvalue weighted by molar-refractivity contribution is 7.22. The topological polar surface area (TPSA) is 33.1 Å². The molecule has 3 nitrogen and oxygen atoms in total. The van der Waals surface area contributed by atoms with E-state index < -0.39 is 0 Å². The Kier molecular flexibility index (Phi) is 2.49. The lowest BCUT2D eigenvalue weighted by atomic mass is 9.90. The summed E-state index contributed by atoms with van der Waals surface area (Å²) in [5.41, 5.74) is 1.48. The first-order valence-electron chi connectivity index (χ1n) is 6.45. The summed E-state index contributed by atoms with van der Waals surface area (Å²) in [6.07, 6.45) is 2.50. The Balaban J connectivity index is 1.81. The Hall–Kier alpha value is -0.550. The molecule has 1 N–H and O–H groups in total. The molecule has 1 atom stereocenters. The standard InChI is InChI=1S/C13H15ClN3S/c14-11-7-9-6-10(16-12(9)18-11)13-2-1-4-17(13)5-3-15-8-13/h6-7,16H,1-5,8H2. The molecule has 2 saturated heterocycles. The van der Waals surface area contributed by atoms with Crippen LogP contribution in [0.15, 0.2) is 12.1 Å². The number of fused-ring (bicyclic) bond motifs is 2. The maximum absolute atomic E-state index is 6.04. The van der Waals surface area contributed by atoms with Crippen molar-refractivity contribution in [3.8, 4) is 0 Å². The van der Waals surface area contributed by atoms with Crippen LogP contribution in [0, 0.1) is 0 Å². The molecule has 2 aliphatic heterocycles. The van der Waals surface area contributed by atoms with E-state index in [1.807, 2.05) is 0 Å². The Labute approximate surface area is 115 Å². The van der Waals surface area contributed by atoms with Crippen LogP contribution in [0.2, 0.25) is 4.34 Å². The van der Waals surface area contributed by atoms with Gasteiger partial charge in [0.15, 0.2) is 0 Å². The lowest BCUT2D eigenvalue weighted by Gasteiger charge is -2.41. The monoisotopic (exact) mass is 280 g/mol. The van der Waals surface area contributed by atoms with Gasteiger partial charge in [0.05, 0.1) is 9.88 Å². The Bertz CT molecular complexity index is 559. The third-order valence-electron chi connectivity index (χ3n) is 4.31. The van der Waals surface area contributed by atoms with Crippen LogP contribution in [0.4, 0.5) is 0 Å². The second-order valence-corrected chi connectivity index (χ2v) is 6.93. The predicted molar refractivity (Wildman–Crippen MR) is 75.5 cm³/mol. The smallest absolute Gasteiger partial charge is 0.101 e. The van der Waals surface area contributed by atoms with E-state index in [4.69, 9.17) is 11.6 Å². The van der Waals surface area contributed by atoms with Gasteiger partial charge in [-0.1, -0.05) is 11.6 Å². The van der Waals surface area contributed by atoms with Crippen molar-refractivity contribution >= 4 is 33.2 Å². The second kappa shape index (κ2) is 3.97. The molecule has 2 aromatic heterocycles. The molecule has 18 heavy (non-hydrogen) atoms. The van der Waals surface area contributed by atoms with Crippen LogP contribution in [-0.2, 0) is 5.54 Å². The number of H-pyrrole nitrogens is 1. The van der Waals surface area contributed by atoms with Crippen LogP contribution in [0.1, 0.15) is 18.5 Å². The van der Waals surface area contributed by atoms with Crippen LogP contribution in [0.25, 0.3) is 10.2 Å². The van der Waals surface area contributed by atoms with Gasteiger partial charge in [-0.25, -0.2) is 5.32 Å². The highest BCUT2D eigenvalue weighted by atomic mass is 35.5. The molecule has 2 aromatic rings. The van der Waals surface area contributed by atoms with E-state index in [9.17, 15) is 0 Å². The first-order valence-corrected chi connectivity index (χ1v) is 7.64. The first-order chi connectivity index (χ1) is 8.78. The van der Waals surface area contributed by atoms with E-state index in [2.05, 4.69) is 27.3 Å². The van der Waals surface area contributed by atoms with Crippen molar-refractivity contribution in [1.82, 2.24) is 15.2 Å². The number of aromatic amines is 1. The fourth-order valence-electron chi connectivity index (χ4n) is 3.43. The molecule has 5 heteroatoms. The molecule has 0 amide bonds. The maximum Gasteiger partial charge on any atom is 0.101 e. The molecule has 2 aliphatic rings. The number of hydrogen-bond acceptors (Lipinski definition) is 2. The predicted octanol–water partition coefficient (Wildman–Crippen LogP) is 2.79. The summed E-state index contributed by atoms with van der Waals surface area (Å²) in [5.74, 6) is 0. The highest BCUT2D eigenvalue weighted by Gasteiger charge is 2.45. The highest BCUT2D eigenvalue weighted by Crippen LogP contribution is 2.42. The third kappa shape index (κ3) is 1.50. The molecular formula is C13H15ClN3S. The molecule has 0 aliphatic carbocycles. The average Bonchev–Trinajstić information content (AvgIpc) is 2.99. The van der Waals surface area contributed by atoms with Gasteiger partial charge >= 0.3 is 0 Å². The molecule has 0 aromatic carbocycles. The minimum atomic E-state index is 0.142. The average molecular weight is 281 g/mol. The fraction of sp³-hybridized carbons (Fsp3) is 0.538. The second-order valence-electron chi connectivity index (χ2n) is 5.25. The zero-order valence-corrected chi connectivity index (χ0v) is 11.7. The van der Waals surface area contributed by atoms with Crippen molar-refractivity contribution in [3.63, 3.8) is 0 Å². The Morgan fingerprint density at radius 2 is 2.33 bits per heavy atom. The van der Waals surface area contributed by atoms with Crippen LogP contribution in [0.5, 0.6) is 0 Å². The van der Waals surface area contributed by atoms with E-state index in [-0.39, 0.29) is 5.54 Å². The number of piperazine rings is 1. The number of halogens is 1. The van der Waals surface area contributed by atoms with Crippen LogP contribution >= 0.6 is 22.9 Å². The lowest BCUT2D eigenvalue weighted by Crippen LogP contribution is -2.53. The first kappa shape index (κ1) is 11.3. The molecule has 0 saturated carbocycles. The maximum atomic E-state index is 6.04. The summed E-state index contributed by atoms with van der Waals surface area (Å²) < 4.78 is 0.858. The van der Waals surface area contributed by atoms with Gasteiger partial charge in [-0.05, 0) is 31.5 Å². The van der Waals surface area contributed by atoms with Crippen LogP contribution < -0.4 is 5.32 Å². The molecule has 1 radical (unpaired) electrons. The third-order valence-corrected chi connectivity index (χ3v) is 5.50. The van der Waals surface area contributed by atoms with E-state index in [1.54, 1.807) is 11.3 Å². The van der Waals surface area contributed by atoms with E-state index in [0.29, 0.717) is 0 Å². The zero-order chi connectivity index (χ0) is 12.2. The summed E-state index contributed by atoms with van der Waals surface area (Å²) >= 11 is 7.67. The molecular weight excluding hydrogens is 266 g/mol. The number of rotatable bonds is 1. The van der Waals surface area contributed by atoms with Gasteiger partial charge in [0.25, 0.3) is 0 Å². The molecule has 95 valence electrons. The SMILES string of the molecule is Clc1cc2cc(C34CCCN3CC[N]C4)[nH]c2s1. The van der Waals surface area contributed by atoms with Crippen LogP contribution in [-0.4, -0.2) is 36.1 Å². The van der Waals surface area contributed by atoms with Crippen molar-refractivity contribution in [2.24, 2.45) is 0 Å². The van der Waals surface area contributed by atoms with E-state index >= 15 is 0 Å². The zero-order valence-electron chi connectivity index (χ0n) is 10.1. The Morgan fingerprint density at radius 1 is 1.39 bits per heavy atom. The minimum absolute atomic E-state index is 0.142. The van der Waals surface area contributed by atoms with Gasteiger partial charge in [0.1, 0.15) is 4.83 Å². The summed E-state index contributed by atoms with van der Waals surface area (Å²) in [7, 11) is 0. The summed E-state index contributed by atoms with van der Waals surface area (Å²) in [6, 6.07) is 4.33. The number of hydrogen-bond donors (Lipinski definition) is 1. The van der Waals surface area contributed by atoms with Crippen molar-refractivity contribution in [2.75, 3.05) is 26.2 Å². The lowest BCUT2D eigenvalue weighted by molar-refractivity contribution is 0.0982. The van der Waals surface area contributed by atoms with Gasteiger partial charge in [0, 0.05) is 30.7 Å². The van der Waals surface area contributed by atoms with Gasteiger partial charge in [-0.2, -0.15) is 0 Å². The van der Waals surface area contributed by atoms with Crippen LogP contribution in [0.3, 0.4) is 0 Å². The van der Waals surface area contributed by atoms with Crippen molar-refractivity contribution in [3.05, 3.63) is 22.2 Å². The fourth-order valence-corrected chi connectivity index (χ4v) is 4.55. The molecule has 2 fully saturated rings. The molecule has 0 bridgehead atoms. The quantitative estimate of drug-likeness (QED) is 0.856. The van der Waals surface area contributed by atoms with Gasteiger partial charge < -0.3 is 4.98 Å². The van der Waals surface area contributed by atoms with Gasteiger partial charge in [-0.15, -0.1) is 11.3 Å². The summed E-state index contributed by atoms with van der Waals surface area (Å²) in [6.45, 7) is 4.24. The number of nitrogens with one attached hydrogen (secondary N) is 1. The van der Waals surface area contributed by atoms with Crippen molar-refractivity contribution in [2.45, 2.75) is 18.4 Å². The molecule has 4 heterocycles. The number of nitrogens with zero attached hydrogens (tertiary/aromatic N) is 2. The van der Waals surface area contributed by atoms with Crippen molar-refractivity contribution < 1.29 is 0 Å². The molecule has 0 spiro atoms. The van der Waals surface area contributed by atoms with E-state index in [1.165, 1.54) is 35.3 Å². The van der Waals surface area contributed by atoms with Crippen molar-refractivity contribution in [1.29, 1.82) is 0 Å². The molecule has 1 unspecified atom stereocenters. The van der Waals surface area contributed by atoms with Gasteiger partial charge in [-0.3, -0.25) is 4.90 Å². The number of thiophene rings is 1. The largest absolute Gasteiger partial charge is 0.348 e. The van der Waals surface area contributed by atoms with E-state index in [0.717, 1.165) is 24.0 Å². The Morgan fingerprint density at radius 3 is 3.22 bits per heavy atom. The summed E-state index contributed by atoms with van der Waals surface area (Å²) in [4.78, 5) is 7.38. The molecule has 4 rings (SSSR count). The van der Waals surface area contributed by atoms with Gasteiger partial charge in [0.2, 0.25) is 0 Å². The number of aromatic nitrogens is 1. The minimum Gasteiger partial charge on any atom is -0.348 e.